The summed E-state index contributed by atoms with van der Waals surface area (Å²) in [6, 6.07) is 7.25. The number of likely N-dealkylation sites (N-methyl/N-ethyl adjacent to an activating group) is 1. The van der Waals surface area contributed by atoms with E-state index in [0.717, 1.165) is 5.56 Å². The van der Waals surface area contributed by atoms with Crippen molar-refractivity contribution in [3.8, 4) is 0 Å². The second-order valence-electron chi connectivity index (χ2n) is 3.90. The number of halogens is 1. The number of nitrogens with two attached hydrogens (primary N) is 1. The Balaban J connectivity index is 0.00000256. The second-order valence-corrected chi connectivity index (χ2v) is 3.90. The molecule has 96 valence electrons. The summed E-state index contributed by atoms with van der Waals surface area (Å²) in [6.45, 7) is 7.35. The Kier molecular flexibility index (Phi) is 6.85. The third-order valence-corrected chi connectivity index (χ3v) is 2.78. The van der Waals surface area contributed by atoms with Crippen LogP contribution in [0.25, 0.3) is 0 Å². The smallest absolute Gasteiger partial charge is 0.244 e. The number of carbonyl (C=O) groups excluding carboxylic acids is 1. The molecule has 2 N–H and O–H groups in total. The van der Waals surface area contributed by atoms with Crippen LogP contribution in [0.1, 0.15) is 31.0 Å². The summed E-state index contributed by atoms with van der Waals surface area (Å²) in [5, 5.41) is 0. The zero-order valence-electron chi connectivity index (χ0n) is 10.6. The van der Waals surface area contributed by atoms with Gasteiger partial charge in [-0.2, -0.15) is 0 Å². The van der Waals surface area contributed by atoms with Crippen LogP contribution < -0.4 is 5.73 Å². The Bertz CT molecular complexity index is 347. The summed E-state index contributed by atoms with van der Waals surface area (Å²) in [7, 11) is 0. The van der Waals surface area contributed by atoms with E-state index < -0.39 is 6.04 Å². The average Bonchev–Trinajstić information content (AvgIpc) is 2.30. The highest BCUT2D eigenvalue weighted by Crippen LogP contribution is 2.14. The molecule has 1 aromatic carbocycles. The molecule has 4 heteroatoms. The first-order chi connectivity index (χ1) is 7.60. The number of rotatable bonds is 4. The Morgan fingerprint density at radius 3 is 2.12 bits per heavy atom. The van der Waals surface area contributed by atoms with E-state index in [1.165, 1.54) is 5.56 Å². The van der Waals surface area contributed by atoms with Gasteiger partial charge in [-0.15, -0.1) is 12.4 Å². The quantitative estimate of drug-likeness (QED) is 0.899. The zero-order chi connectivity index (χ0) is 12.1. The normalized spacial score (nSPS) is 11.5. The Labute approximate surface area is 109 Å². The number of nitrogens with zero attached hydrogens (tertiary/aromatic N) is 1. The van der Waals surface area contributed by atoms with Crippen LogP contribution in [-0.2, 0) is 4.79 Å². The summed E-state index contributed by atoms with van der Waals surface area (Å²) < 4.78 is 0. The second kappa shape index (κ2) is 7.30. The van der Waals surface area contributed by atoms with Gasteiger partial charge in [0.25, 0.3) is 0 Å². The minimum atomic E-state index is -0.541. The molecule has 1 rings (SSSR count). The van der Waals surface area contributed by atoms with Gasteiger partial charge in [0.2, 0.25) is 5.91 Å². The van der Waals surface area contributed by atoms with Gasteiger partial charge in [-0.05, 0) is 26.3 Å². The largest absolute Gasteiger partial charge is 0.342 e. The van der Waals surface area contributed by atoms with Gasteiger partial charge in [0, 0.05) is 13.1 Å². The van der Waals surface area contributed by atoms with E-state index in [1.807, 2.05) is 45.0 Å². The maximum absolute atomic E-state index is 12.0. The van der Waals surface area contributed by atoms with Crippen molar-refractivity contribution in [1.29, 1.82) is 0 Å². The number of carbonyl (C=O) groups is 1. The first-order valence-corrected chi connectivity index (χ1v) is 5.71. The Hall–Kier alpha value is -1.06. The van der Waals surface area contributed by atoms with Crippen LogP contribution in [0.2, 0.25) is 0 Å². The Morgan fingerprint density at radius 2 is 1.71 bits per heavy atom. The van der Waals surface area contributed by atoms with Crippen molar-refractivity contribution in [2.24, 2.45) is 5.73 Å². The van der Waals surface area contributed by atoms with Gasteiger partial charge in [-0.25, -0.2) is 0 Å². The molecule has 0 aliphatic carbocycles. The van der Waals surface area contributed by atoms with Crippen LogP contribution in [0.15, 0.2) is 24.3 Å². The summed E-state index contributed by atoms with van der Waals surface area (Å²) in [6.07, 6.45) is 0. The summed E-state index contributed by atoms with van der Waals surface area (Å²) >= 11 is 0. The molecule has 0 bridgehead atoms. The Morgan fingerprint density at radius 1 is 1.24 bits per heavy atom. The number of hydrogen-bond donors (Lipinski definition) is 1. The minimum absolute atomic E-state index is 0. The van der Waals surface area contributed by atoms with Crippen molar-refractivity contribution in [1.82, 2.24) is 4.90 Å². The number of amides is 1. The lowest BCUT2D eigenvalue weighted by Crippen LogP contribution is -2.38. The molecule has 0 fully saturated rings. The molecule has 0 radical (unpaired) electrons. The van der Waals surface area contributed by atoms with Crippen LogP contribution >= 0.6 is 12.4 Å². The lowest BCUT2D eigenvalue weighted by molar-refractivity contribution is -0.132. The summed E-state index contributed by atoms with van der Waals surface area (Å²) in [5.74, 6) is -0.00569. The third kappa shape index (κ3) is 4.02. The lowest BCUT2D eigenvalue weighted by atomic mass is 10.0. The predicted octanol–water partition coefficient (Wildman–Crippen LogP) is 2.29. The zero-order valence-corrected chi connectivity index (χ0v) is 11.5. The molecule has 1 amide bonds. The fraction of sp³-hybridized carbons (Fsp3) is 0.462. The van der Waals surface area contributed by atoms with Crippen LogP contribution in [-0.4, -0.2) is 23.9 Å². The van der Waals surface area contributed by atoms with Crippen molar-refractivity contribution in [2.75, 3.05) is 13.1 Å². The molecule has 0 aliphatic heterocycles. The van der Waals surface area contributed by atoms with Crippen molar-refractivity contribution in [3.63, 3.8) is 0 Å². The van der Waals surface area contributed by atoms with Crippen LogP contribution in [0, 0.1) is 6.92 Å². The molecule has 3 nitrogen and oxygen atoms in total. The van der Waals surface area contributed by atoms with Gasteiger partial charge in [-0.3, -0.25) is 4.79 Å². The van der Waals surface area contributed by atoms with Crippen molar-refractivity contribution in [3.05, 3.63) is 35.4 Å². The number of benzene rings is 1. The maximum Gasteiger partial charge on any atom is 0.244 e. The molecule has 0 aliphatic rings. The monoisotopic (exact) mass is 256 g/mol. The molecule has 1 atom stereocenters. The van der Waals surface area contributed by atoms with E-state index in [-0.39, 0.29) is 18.3 Å². The minimum Gasteiger partial charge on any atom is -0.342 e. The standard InChI is InChI=1S/C13H20N2O.ClH/c1-4-15(5-2)13(16)12(14)11-8-6-10(3)7-9-11;/h6-9,12H,4-5,14H2,1-3H3;1H. The number of aryl methyl sites for hydroxylation is 1. The van der Waals surface area contributed by atoms with E-state index >= 15 is 0 Å². The first kappa shape index (κ1) is 15.9. The van der Waals surface area contributed by atoms with Gasteiger partial charge in [0.05, 0.1) is 0 Å². The highest BCUT2D eigenvalue weighted by atomic mass is 35.5. The van der Waals surface area contributed by atoms with Gasteiger partial charge in [0.1, 0.15) is 6.04 Å². The molecule has 0 heterocycles. The summed E-state index contributed by atoms with van der Waals surface area (Å²) in [5.41, 5.74) is 8.00. The molecule has 0 saturated heterocycles. The van der Waals surface area contributed by atoms with Crippen molar-refractivity contribution in [2.45, 2.75) is 26.8 Å². The maximum atomic E-state index is 12.0. The van der Waals surface area contributed by atoms with E-state index in [1.54, 1.807) is 4.90 Å². The molecular weight excluding hydrogens is 236 g/mol. The van der Waals surface area contributed by atoms with Crippen LogP contribution in [0.3, 0.4) is 0 Å². The number of hydrogen-bond acceptors (Lipinski definition) is 2. The fourth-order valence-electron chi connectivity index (χ4n) is 1.65. The average molecular weight is 257 g/mol. The molecule has 17 heavy (non-hydrogen) atoms. The molecule has 1 unspecified atom stereocenters. The first-order valence-electron chi connectivity index (χ1n) is 5.71. The SMILES string of the molecule is CCN(CC)C(=O)C(N)c1ccc(C)cc1.Cl. The summed E-state index contributed by atoms with van der Waals surface area (Å²) in [4.78, 5) is 13.7. The lowest BCUT2D eigenvalue weighted by Gasteiger charge is -2.22. The van der Waals surface area contributed by atoms with Crippen LogP contribution in [0.5, 0.6) is 0 Å². The van der Waals surface area contributed by atoms with E-state index in [0.29, 0.717) is 13.1 Å². The highest BCUT2D eigenvalue weighted by molar-refractivity contribution is 5.85. The fourth-order valence-corrected chi connectivity index (χ4v) is 1.65. The molecular formula is C13H21ClN2O. The van der Waals surface area contributed by atoms with Gasteiger partial charge < -0.3 is 10.6 Å². The van der Waals surface area contributed by atoms with Gasteiger partial charge in [-0.1, -0.05) is 29.8 Å². The van der Waals surface area contributed by atoms with Gasteiger partial charge >= 0.3 is 0 Å². The third-order valence-electron chi connectivity index (χ3n) is 2.78. The van der Waals surface area contributed by atoms with E-state index in [2.05, 4.69) is 0 Å². The van der Waals surface area contributed by atoms with Crippen molar-refractivity contribution < 1.29 is 4.79 Å². The molecule has 1 aromatic rings. The van der Waals surface area contributed by atoms with E-state index in [9.17, 15) is 4.79 Å². The van der Waals surface area contributed by atoms with Crippen molar-refractivity contribution >= 4 is 18.3 Å². The molecule has 0 aromatic heterocycles. The van der Waals surface area contributed by atoms with E-state index in [4.69, 9.17) is 5.73 Å². The predicted molar refractivity (Wildman–Crippen MR) is 73.3 cm³/mol. The topological polar surface area (TPSA) is 46.3 Å². The molecule has 0 spiro atoms. The van der Waals surface area contributed by atoms with Crippen LogP contribution in [0.4, 0.5) is 0 Å². The van der Waals surface area contributed by atoms with Gasteiger partial charge in [0.15, 0.2) is 0 Å². The highest BCUT2D eigenvalue weighted by Gasteiger charge is 2.19. The molecule has 0 saturated carbocycles.